The second kappa shape index (κ2) is 22.0. The normalized spacial score (nSPS) is 11.7. The number of unbranched alkanes of at least 4 members (excludes halogenated alkanes) is 12. The third kappa shape index (κ3) is 20.2. The van der Waals surface area contributed by atoms with E-state index in [9.17, 15) is 4.79 Å². The third-order valence-corrected chi connectivity index (χ3v) is 5.61. The Bertz CT molecular complexity index is 352. The van der Waals surface area contributed by atoms with Crippen LogP contribution in [0, 0.1) is 0 Å². The lowest BCUT2D eigenvalue weighted by Crippen LogP contribution is -2.04. The number of halogens is 1. The van der Waals surface area contributed by atoms with E-state index in [1.54, 1.807) is 6.08 Å². The van der Waals surface area contributed by atoms with Gasteiger partial charge in [0.25, 0.3) is 0 Å². The monoisotopic (exact) mass is 444 g/mol. The first-order valence-corrected chi connectivity index (χ1v) is 12.8. The summed E-state index contributed by atoms with van der Waals surface area (Å²) in [7, 11) is 0. The number of alkyl halides is 1. The second-order valence-electron chi connectivity index (χ2n) is 7.76. The van der Waals surface area contributed by atoms with Gasteiger partial charge in [-0.05, 0) is 38.5 Å². The molecule has 0 aliphatic heterocycles. The molecule has 2 nitrogen and oxygen atoms in total. The van der Waals surface area contributed by atoms with Crippen molar-refractivity contribution in [1.29, 1.82) is 0 Å². The molecule has 0 N–H and O–H groups in total. The Morgan fingerprint density at radius 3 is 1.81 bits per heavy atom. The molecule has 0 aliphatic rings. The molecule has 0 heterocycles. The molecule has 27 heavy (non-hydrogen) atoms. The van der Waals surface area contributed by atoms with Gasteiger partial charge in [0.1, 0.15) is 0 Å². The van der Waals surface area contributed by atoms with E-state index in [2.05, 4.69) is 29.8 Å². The average Bonchev–Trinajstić information content (AvgIpc) is 2.66. The molecular weight excluding hydrogens is 400 g/mol. The summed E-state index contributed by atoms with van der Waals surface area (Å²) in [5, 5.41) is 1.06. The molecule has 160 valence electrons. The quantitative estimate of drug-likeness (QED) is 0.0812. The minimum atomic E-state index is -0.124. The fourth-order valence-corrected chi connectivity index (χ4v) is 3.69. The van der Waals surface area contributed by atoms with Crippen LogP contribution < -0.4 is 0 Å². The van der Waals surface area contributed by atoms with Crippen LogP contribution in [-0.2, 0) is 9.53 Å². The lowest BCUT2D eigenvalue weighted by atomic mass is 10.00. The summed E-state index contributed by atoms with van der Waals surface area (Å²) in [6, 6.07) is 0. The SMILES string of the molecule is CCCCCCCCCC/C(=C/C(=O)OCCCCCCBr)CCCCC. The van der Waals surface area contributed by atoms with Crippen molar-refractivity contribution in [2.75, 3.05) is 11.9 Å². The molecule has 0 aliphatic carbocycles. The molecule has 0 spiro atoms. The average molecular weight is 446 g/mol. The number of rotatable bonds is 20. The highest BCUT2D eigenvalue weighted by Gasteiger charge is 2.04. The predicted molar refractivity (Wildman–Crippen MR) is 123 cm³/mol. The fourth-order valence-electron chi connectivity index (χ4n) is 3.29. The molecule has 0 aromatic carbocycles. The van der Waals surface area contributed by atoms with Crippen LogP contribution in [0.2, 0.25) is 0 Å². The molecule has 0 saturated heterocycles. The van der Waals surface area contributed by atoms with Crippen LogP contribution in [0.5, 0.6) is 0 Å². The summed E-state index contributed by atoms with van der Waals surface area (Å²) < 4.78 is 5.41. The van der Waals surface area contributed by atoms with Crippen molar-refractivity contribution in [2.45, 2.75) is 123 Å². The van der Waals surface area contributed by atoms with E-state index in [0.717, 1.165) is 31.0 Å². The Balaban J connectivity index is 4.01. The van der Waals surface area contributed by atoms with Gasteiger partial charge in [-0.1, -0.05) is 106 Å². The van der Waals surface area contributed by atoms with Crippen LogP contribution >= 0.6 is 15.9 Å². The maximum atomic E-state index is 12.1. The Hall–Kier alpha value is -0.310. The molecule has 0 atom stereocenters. The molecule has 0 unspecified atom stereocenters. The first-order valence-electron chi connectivity index (χ1n) is 11.7. The summed E-state index contributed by atoms with van der Waals surface area (Å²) in [5.74, 6) is -0.124. The number of carbonyl (C=O) groups excluding carboxylic acids is 1. The van der Waals surface area contributed by atoms with Gasteiger partial charge in [-0.2, -0.15) is 0 Å². The Morgan fingerprint density at radius 2 is 1.19 bits per heavy atom. The third-order valence-electron chi connectivity index (χ3n) is 5.05. The lowest BCUT2D eigenvalue weighted by Gasteiger charge is -2.08. The fraction of sp³-hybridized carbons (Fsp3) is 0.875. The van der Waals surface area contributed by atoms with E-state index in [1.807, 2.05) is 0 Å². The number of carbonyl (C=O) groups is 1. The second-order valence-corrected chi connectivity index (χ2v) is 8.55. The van der Waals surface area contributed by atoms with Crippen LogP contribution in [0.4, 0.5) is 0 Å². The zero-order valence-corrected chi connectivity index (χ0v) is 19.8. The smallest absolute Gasteiger partial charge is 0.330 e. The standard InChI is InChI=1S/C24H45BrO2/c1-3-5-7-8-9-10-11-15-19-23(18-14-6-4-2)22-24(26)27-21-17-13-12-16-20-25/h22H,3-21H2,1-2H3/b23-22+. The summed E-state index contributed by atoms with van der Waals surface area (Å²) >= 11 is 3.45. The van der Waals surface area contributed by atoms with Crippen molar-refractivity contribution in [1.82, 2.24) is 0 Å². The molecule has 0 aromatic heterocycles. The van der Waals surface area contributed by atoms with Crippen molar-refractivity contribution in [3.05, 3.63) is 11.6 Å². The summed E-state index contributed by atoms with van der Waals surface area (Å²) in [5.41, 5.74) is 1.30. The summed E-state index contributed by atoms with van der Waals surface area (Å²) in [6.07, 6.45) is 22.8. The van der Waals surface area contributed by atoms with Crippen LogP contribution in [0.3, 0.4) is 0 Å². The zero-order valence-electron chi connectivity index (χ0n) is 18.2. The number of hydrogen-bond acceptors (Lipinski definition) is 2. The van der Waals surface area contributed by atoms with E-state index in [-0.39, 0.29) is 5.97 Å². The van der Waals surface area contributed by atoms with Gasteiger partial charge in [0.2, 0.25) is 0 Å². The van der Waals surface area contributed by atoms with E-state index in [4.69, 9.17) is 4.74 Å². The predicted octanol–water partition coefficient (Wildman–Crippen LogP) is 8.52. The van der Waals surface area contributed by atoms with Gasteiger partial charge in [-0.25, -0.2) is 4.79 Å². The highest BCUT2D eigenvalue weighted by molar-refractivity contribution is 9.09. The largest absolute Gasteiger partial charge is 0.463 e. The van der Waals surface area contributed by atoms with Gasteiger partial charge in [0, 0.05) is 11.4 Å². The van der Waals surface area contributed by atoms with E-state index in [1.165, 1.54) is 89.0 Å². The van der Waals surface area contributed by atoms with Crippen molar-refractivity contribution in [3.63, 3.8) is 0 Å². The summed E-state index contributed by atoms with van der Waals surface area (Å²) in [6.45, 7) is 5.06. The highest BCUT2D eigenvalue weighted by Crippen LogP contribution is 2.18. The van der Waals surface area contributed by atoms with Crippen molar-refractivity contribution in [3.8, 4) is 0 Å². The maximum Gasteiger partial charge on any atom is 0.330 e. The van der Waals surface area contributed by atoms with E-state index >= 15 is 0 Å². The van der Waals surface area contributed by atoms with Gasteiger partial charge in [-0.15, -0.1) is 0 Å². The summed E-state index contributed by atoms with van der Waals surface area (Å²) in [4.78, 5) is 12.1. The lowest BCUT2D eigenvalue weighted by molar-refractivity contribution is -0.137. The van der Waals surface area contributed by atoms with Gasteiger partial charge in [0.05, 0.1) is 6.61 Å². The molecule has 0 saturated carbocycles. The highest BCUT2D eigenvalue weighted by atomic mass is 79.9. The van der Waals surface area contributed by atoms with E-state index < -0.39 is 0 Å². The molecular formula is C24H45BrO2. The van der Waals surface area contributed by atoms with E-state index in [0.29, 0.717) is 6.61 Å². The topological polar surface area (TPSA) is 26.3 Å². The number of ether oxygens (including phenoxy) is 1. The Kier molecular flexibility index (Phi) is 21.7. The van der Waals surface area contributed by atoms with Gasteiger partial charge in [0.15, 0.2) is 0 Å². The Morgan fingerprint density at radius 1 is 0.704 bits per heavy atom. The zero-order chi connectivity index (χ0) is 20.0. The van der Waals surface area contributed by atoms with Crippen LogP contribution in [-0.4, -0.2) is 17.9 Å². The first-order chi connectivity index (χ1) is 13.2. The van der Waals surface area contributed by atoms with Crippen molar-refractivity contribution in [2.24, 2.45) is 0 Å². The number of hydrogen-bond donors (Lipinski definition) is 0. The van der Waals surface area contributed by atoms with Crippen LogP contribution in [0.15, 0.2) is 11.6 Å². The molecule has 0 radical (unpaired) electrons. The van der Waals surface area contributed by atoms with Gasteiger partial charge < -0.3 is 4.74 Å². The van der Waals surface area contributed by atoms with Gasteiger partial charge >= 0.3 is 5.97 Å². The number of allylic oxidation sites excluding steroid dienone is 1. The van der Waals surface area contributed by atoms with Crippen molar-refractivity contribution >= 4 is 21.9 Å². The van der Waals surface area contributed by atoms with Gasteiger partial charge in [-0.3, -0.25) is 0 Å². The number of esters is 1. The molecule has 0 amide bonds. The maximum absolute atomic E-state index is 12.1. The first kappa shape index (κ1) is 26.7. The molecule has 0 fully saturated rings. The van der Waals surface area contributed by atoms with Crippen LogP contribution in [0.1, 0.15) is 123 Å². The van der Waals surface area contributed by atoms with Crippen LogP contribution in [0.25, 0.3) is 0 Å². The molecule has 0 bridgehead atoms. The molecule has 0 aromatic rings. The minimum absolute atomic E-state index is 0.124. The molecule has 3 heteroatoms. The molecule has 0 rings (SSSR count). The Labute approximate surface area is 178 Å². The minimum Gasteiger partial charge on any atom is -0.463 e. The van der Waals surface area contributed by atoms with Crippen molar-refractivity contribution < 1.29 is 9.53 Å².